The number of ether oxygens (including phenoxy) is 1. The van der Waals surface area contributed by atoms with Crippen molar-refractivity contribution in [3.05, 3.63) is 10.8 Å². The average molecular weight is 281 g/mol. The third-order valence-corrected chi connectivity index (χ3v) is 4.64. The fraction of sp³-hybridized carbons (Fsp3) is 0.750. The molecule has 3 rings (SSSR count). The highest BCUT2D eigenvalue weighted by Crippen LogP contribution is 2.30. The molecule has 2 N–H and O–H groups in total. The first-order valence-corrected chi connectivity index (χ1v) is 7.65. The van der Waals surface area contributed by atoms with Gasteiger partial charge in [-0.1, -0.05) is 18.3 Å². The van der Waals surface area contributed by atoms with Gasteiger partial charge in [0.15, 0.2) is 5.82 Å². The molecule has 2 unspecified atom stereocenters. The molecule has 0 bridgehead atoms. The van der Waals surface area contributed by atoms with Gasteiger partial charge in [-0.15, -0.1) is 10.2 Å². The number of nitrogens with two attached hydrogens (primary N) is 1. The molecule has 1 saturated heterocycles. The van der Waals surface area contributed by atoms with E-state index in [-0.39, 0.29) is 6.10 Å². The minimum Gasteiger partial charge on any atom is -0.370 e. The minimum atomic E-state index is 0.0595. The van der Waals surface area contributed by atoms with Crippen LogP contribution in [0.2, 0.25) is 0 Å². The summed E-state index contributed by atoms with van der Waals surface area (Å²) in [5, 5.41) is 14.2. The minimum absolute atomic E-state index is 0.0595. The summed E-state index contributed by atoms with van der Waals surface area (Å²) < 4.78 is 7.52. The number of hydrogen-bond acceptors (Lipinski definition) is 6. The number of aromatic nitrogens is 4. The van der Waals surface area contributed by atoms with Crippen LogP contribution in [-0.2, 0) is 4.74 Å². The van der Waals surface area contributed by atoms with Gasteiger partial charge in [0.1, 0.15) is 11.1 Å². The van der Waals surface area contributed by atoms with Crippen molar-refractivity contribution in [1.82, 2.24) is 19.8 Å². The molecule has 0 amide bonds. The number of hydrogen-bond donors (Lipinski definition) is 1. The molecule has 7 heteroatoms. The summed E-state index contributed by atoms with van der Waals surface area (Å²) >= 11 is 1.62. The Morgan fingerprint density at radius 2 is 2.42 bits per heavy atom. The molecular formula is C12H19N5OS. The number of fused-ring (bicyclic) bond motifs is 1. The largest absolute Gasteiger partial charge is 0.370 e. The zero-order valence-electron chi connectivity index (χ0n) is 11.1. The van der Waals surface area contributed by atoms with E-state index in [1.54, 1.807) is 11.3 Å². The van der Waals surface area contributed by atoms with Gasteiger partial charge in [-0.25, -0.2) is 0 Å². The van der Waals surface area contributed by atoms with Crippen LogP contribution < -0.4 is 5.73 Å². The number of rotatable bonds is 5. The van der Waals surface area contributed by atoms with E-state index in [1.165, 1.54) is 0 Å². The SMILES string of the molecule is CC(CCCN)c1nn2c(C3CCCO3)nnc2s1. The highest BCUT2D eigenvalue weighted by molar-refractivity contribution is 7.16. The van der Waals surface area contributed by atoms with Crippen LogP contribution in [0.1, 0.15) is 55.5 Å². The Labute approximate surface area is 116 Å². The van der Waals surface area contributed by atoms with Gasteiger partial charge < -0.3 is 10.5 Å². The molecule has 0 spiro atoms. The molecule has 1 fully saturated rings. The average Bonchev–Trinajstić information content (AvgIpc) is 3.09. The van der Waals surface area contributed by atoms with Crippen molar-refractivity contribution in [3.8, 4) is 0 Å². The fourth-order valence-corrected chi connectivity index (χ4v) is 3.31. The van der Waals surface area contributed by atoms with Crippen molar-refractivity contribution < 1.29 is 4.74 Å². The molecule has 0 aliphatic carbocycles. The first-order valence-electron chi connectivity index (χ1n) is 6.83. The van der Waals surface area contributed by atoms with Crippen LogP contribution in [0.25, 0.3) is 4.96 Å². The lowest BCUT2D eigenvalue weighted by molar-refractivity contribution is 0.103. The van der Waals surface area contributed by atoms with Crippen LogP contribution in [0.4, 0.5) is 0 Å². The normalized spacial score (nSPS) is 21.3. The topological polar surface area (TPSA) is 78.3 Å². The van der Waals surface area contributed by atoms with Gasteiger partial charge in [-0.3, -0.25) is 0 Å². The lowest BCUT2D eigenvalue weighted by Gasteiger charge is -2.06. The van der Waals surface area contributed by atoms with Gasteiger partial charge in [0.05, 0.1) is 0 Å². The van der Waals surface area contributed by atoms with Crippen molar-refractivity contribution >= 4 is 16.3 Å². The van der Waals surface area contributed by atoms with Crippen LogP contribution >= 0.6 is 11.3 Å². The van der Waals surface area contributed by atoms with Crippen molar-refractivity contribution in [2.24, 2.45) is 5.73 Å². The smallest absolute Gasteiger partial charge is 0.234 e. The summed E-state index contributed by atoms with van der Waals surface area (Å²) in [6, 6.07) is 0. The summed E-state index contributed by atoms with van der Waals surface area (Å²) in [5.41, 5.74) is 5.56. The second kappa shape index (κ2) is 5.52. The summed E-state index contributed by atoms with van der Waals surface area (Å²) in [4.78, 5) is 0.861. The van der Waals surface area contributed by atoms with E-state index in [4.69, 9.17) is 10.5 Å². The van der Waals surface area contributed by atoms with E-state index in [9.17, 15) is 0 Å². The molecule has 2 aromatic heterocycles. The van der Waals surface area contributed by atoms with E-state index >= 15 is 0 Å². The van der Waals surface area contributed by atoms with Crippen molar-refractivity contribution in [1.29, 1.82) is 0 Å². The summed E-state index contributed by atoms with van der Waals surface area (Å²) in [7, 11) is 0. The first kappa shape index (κ1) is 13.0. The Balaban J connectivity index is 1.84. The molecule has 6 nitrogen and oxygen atoms in total. The maximum Gasteiger partial charge on any atom is 0.234 e. The summed E-state index contributed by atoms with van der Waals surface area (Å²) in [5.74, 6) is 1.27. The fourth-order valence-electron chi connectivity index (χ4n) is 2.38. The molecule has 104 valence electrons. The lowest BCUT2D eigenvalue weighted by atomic mass is 10.1. The maximum atomic E-state index is 5.66. The highest BCUT2D eigenvalue weighted by Gasteiger charge is 2.25. The Morgan fingerprint density at radius 1 is 1.53 bits per heavy atom. The summed E-state index contributed by atoms with van der Waals surface area (Å²) in [6.07, 6.45) is 4.25. The molecule has 1 aliphatic rings. The Hall–Kier alpha value is -1.05. The summed E-state index contributed by atoms with van der Waals surface area (Å²) in [6.45, 7) is 3.73. The van der Waals surface area contributed by atoms with Gasteiger partial charge in [-0.2, -0.15) is 9.61 Å². The third kappa shape index (κ3) is 2.50. The first-order chi connectivity index (χ1) is 9.29. The third-order valence-electron chi connectivity index (χ3n) is 3.51. The molecular weight excluding hydrogens is 262 g/mol. The van der Waals surface area contributed by atoms with E-state index in [2.05, 4.69) is 22.2 Å². The Kier molecular flexibility index (Phi) is 3.76. The van der Waals surface area contributed by atoms with E-state index in [0.29, 0.717) is 5.92 Å². The predicted octanol–water partition coefficient (Wildman–Crippen LogP) is 1.88. The van der Waals surface area contributed by atoms with Crippen LogP contribution in [0.15, 0.2) is 0 Å². The standard InChI is InChI=1S/C12H19N5OS/c1-8(4-2-6-13)11-16-17-10(9-5-3-7-18-9)14-15-12(17)19-11/h8-9H,2-7,13H2,1H3. The molecule has 0 aromatic carbocycles. The Bertz CT molecular complexity index is 545. The molecule has 2 atom stereocenters. The van der Waals surface area contributed by atoms with E-state index < -0.39 is 0 Å². The van der Waals surface area contributed by atoms with Gasteiger partial charge in [0.25, 0.3) is 0 Å². The van der Waals surface area contributed by atoms with Gasteiger partial charge >= 0.3 is 0 Å². The zero-order chi connectivity index (χ0) is 13.2. The quantitative estimate of drug-likeness (QED) is 0.905. The monoisotopic (exact) mass is 281 g/mol. The second-order valence-corrected chi connectivity index (χ2v) is 6.01. The lowest BCUT2D eigenvalue weighted by Crippen LogP contribution is -2.05. The van der Waals surface area contributed by atoms with E-state index in [0.717, 1.165) is 54.6 Å². The maximum absolute atomic E-state index is 5.66. The molecule has 1 aliphatic heterocycles. The molecule has 19 heavy (non-hydrogen) atoms. The molecule has 0 saturated carbocycles. The zero-order valence-corrected chi connectivity index (χ0v) is 11.9. The van der Waals surface area contributed by atoms with Crippen LogP contribution in [0.5, 0.6) is 0 Å². The van der Waals surface area contributed by atoms with Crippen molar-refractivity contribution in [2.45, 2.75) is 44.6 Å². The molecule has 2 aromatic rings. The van der Waals surface area contributed by atoms with Crippen LogP contribution in [-0.4, -0.2) is 33.0 Å². The molecule has 0 radical (unpaired) electrons. The predicted molar refractivity (Wildman–Crippen MR) is 73.3 cm³/mol. The van der Waals surface area contributed by atoms with E-state index in [1.807, 2.05) is 4.52 Å². The van der Waals surface area contributed by atoms with Gasteiger partial charge in [-0.05, 0) is 32.2 Å². The second-order valence-electron chi connectivity index (χ2n) is 5.03. The Morgan fingerprint density at radius 3 is 3.16 bits per heavy atom. The van der Waals surface area contributed by atoms with Gasteiger partial charge in [0, 0.05) is 12.5 Å². The van der Waals surface area contributed by atoms with Crippen LogP contribution in [0.3, 0.4) is 0 Å². The number of nitrogens with zero attached hydrogens (tertiary/aromatic N) is 4. The van der Waals surface area contributed by atoms with Gasteiger partial charge in [0.2, 0.25) is 4.96 Å². The van der Waals surface area contributed by atoms with Crippen molar-refractivity contribution in [3.63, 3.8) is 0 Å². The highest BCUT2D eigenvalue weighted by atomic mass is 32.1. The van der Waals surface area contributed by atoms with Crippen molar-refractivity contribution in [2.75, 3.05) is 13.2 Å². The van der Waals surface area contributed by atoms with Crippen LogP contribution in [0, 0.1) is 0 Å². The molecule has 3 heterocycles.